The summed E-state index contributed by atoms with van der Waals surface area (Å²) in [5.41, 5.74) is 2.26. The minimum absolute atomic E-state index is 0.0111. The third-order valence-corrected chi connectivity index (χ3v) is 5.22. The molecule has 0 aliphatic heterocycles. The molecule has 27 heavy (non-hydrogen) atoms. The van der Waals surface area contributed by atoms with Gasteiger partial charge in [0.2, 0.25) is 11.8 Å². The molecule has 1 aliphatic rings. The Morgan fingerprint density at radius 2 is 1.52 bits per heavy atom. The van der Waals surface area contributed by atoms with E-state index in [0.29, 0.717) is 6.54 Å². The molecule has 2 amide bonds. The predicted octanol–water partition coefficient (Wildman–Crippen LogP) is 3.44. The van der Waals surface area contributed by atoms with Crippen LogP contribution in [0.4, 0.5) is 0 Å². The Kier molecular flexibility index (Phi) is 6.42. The smallest absolute Gasteiger partial charge is 0.244 e. The highest BCUT2D eigenvalue weighted by Gasteiger charge is 2.35. The lowest BCUT2D eigenvalue weighted by Crippen LogP contribution is -2.43. The summed E-state index contributed by atoms with van der Waals surface area (Å²) in [6.07, 6.45) is 7.73. The van der Waals surface area contributed by atoms with Crippen molar-refractivity contribution in [2.24, 2.45) is 0 Å². The predicted molar refractivity (Wildman–Crippen MR) is 108 cm³/mol. The molecule has 4 heteroatoms. The fourth-order valence-electron chi connectivity index (χ4n) is 3.70. The number of hydrogen-bond acceptors (Lipinski definition) is 2. The largest absolute Gasteiger partial charge is 0.354 e. The summed E-state index contributed by atoms with van der Waals surface area (Å²) in [6.45, 7) is 0.606. The standard InChI is InChI=1S/C23H26N2O2/c26-21(14-13-19-9-3-1-4-10-19)24-17-22(27)25-18-23(15-7-8-16-23)20-11-5-2-6-12-20/h1-6,9-14H,7-8,15-18H2,(H,24,26)(H,25,27)/b14-13+. The molecular formula is C23H26N2O2. The van der Waals surface area contributed by atoms with Crippen molar-refractivity contribution >= 4 is 17.9 Å². The Labute approximate surface area is 160 Å². The normalized spacial score (nSPS) is 15.6. The molecule has 0 saturated heterocycles. The van der Waals surface area contributed by atoms with E-state index in [1.54, 1.807) is 6.08 Å². The third kappa shape index (κ3) is 5.30. The second-order valence-corrected chi connectivity index (χ2v) is 7.09. The van der Waals surface area contributed by atoms with Crippen molar-refractivity contribution in [3.63, 3.8) is 0 Å². The first-order valence-electron chi connectivity index (χ1n) is 9.51. The van der Waals surface area contributed by atoms with Gasteiger partial charge in [0.1, 0.15) is 0 Å². The lowest BCUT2D eigenvalue weighted by molar-refractivity contribution is -0.124. The fourth-order valence-corrected chi connectivity index (χ4v) is 3.70. The summed E-state index contributed by atoms with van der Waals surface area (Å²) in [7, 11) is 0. The number of amides is 2. The van der Waals surface area contributed by atoms with E-state index in [4.69, 9.17) is 0 Å². The van der Waals surface area contributed by atoms with E-state index in [1.807, 2.05) is 36.4 Å². The topological polar surface area (TPSA) is 58.2 Å². The van der Waals surface area contributed by atoms with Gasteiger partial charge in [-0.05, 0) is 30.0 Å². The van der Waals surface area contributed by atoms with Crippen molar-refractivity contribution in [1.82, 2.24) is 10.6 Å². The average Bonchev–Trinajstić information content (AvgIpc) is 3.21. The molecule has 0 atom stereocenters. The van der Waals surface area contributed by atoms with Crippen LogP contribution in [0.15, 0.2) is 66.7 Å². The summed E-state index contributed by atoms with van der Waals surface area (Å²) in [4.78, 5) is 24.1. The third-order valence-electron chi connectivity index (χ3n) is 5.22. The molecule has 140 valence electrons. The Hall–Kier alpha value is -2.88. The van der Waals surface area contributed by atoms with Crippen LogP contribution >= 0.6 is 0 Å². The van der Waals surface area contributed by atoms with Gasteiger partial charge in [-0.3, -0.25) is 9.59 Å². The molecule has 1 fully saturated rings. The van der Waals surface area contributed by atoms with Crippen molar-refractivity contribution in [3.05, 3.63) is 77.9 Å². The van der Waals surface area contributed by atoms with Crippen LogP contribution in [0.25, 0.3) is 6.08 Å². The molecule has 2 aromatic rings. The van der Waals surface area contributed by atoms with Crippen molar-refractivity contribution in [1.29, 1.82) is 0 Å². The van der Waals surface area contributed by atoms with Gasteiger partial charge in [0.05, 0.1) is 6.54 Å². The molecule has 4 nitrogen and oxygen atoms in total. The SMILES string of the molecule is O=C(/C=C/c1ccccc1)NCC(=O)NCC1(c2ccccc2)CCCC1. The van der Waals surface area contributed by atoms with E-state index >= 15 is 0 Å². The molecule has 2 N–H and O–H groups in total. The molecule has 1 aliphatic carbocycles. The summed E-state index contributed by atoms with van der Waals surface area (Å²) in [5.74, 6) is -0.425. The maximum Gasteiger partial charge on any atom is 0.244 e. The molecule has 1 saturated carbocycles. The Bertz CT molecular complexity index is 779. The zero-order chi connectivity index (χ0) is 19.0. The molecular weight excluding hydrogens is 336 g/mol. The molecule has 2 aromatic carbocycles. The molecule has 0 aromatic heterocycles. The Morgan fingerprint density at radius 3 is 2.19 bits per heavy atom. The molecule has 0 unspecified atom stereocenters. The number of nitrogens with one attached hydrogen (secondary N) is 2. The Morgan fingerprint density at radius 1 is 0.889 bits per heavy atom. The summed E-state index contributed by atoms with van der Waals surface area (Å²) < 4.78 is 0. The molecule has 0 heterocycles. The van der Waals surface area contributed by atoms with Crippen molar-refractivity contribution < 1.29 is 9.59 Å². The second-order valence-electron chi connectivity index (χ2n) is 7.09. The van der Waals surface area contributed by atoms with Gasteiger partial charge in [-0.15, -0.1) is 0 Å². The zero-order valence-corrected chi connectivity index (χ0v) is 15.5. The van der Waals surface area contributed by atoms with Gasteiger partial charge in [-0.2, -0.15) is 0 Å². The van der Waals surface area contributed by atoms with Crippen LogP contribution in [0.3, 0.4) is 0 Å². The van der Waals surface area contributed by atoms with Crippen molar-refractivity contribution in [2.45, 2.75) is 31.1 Å². The number of carbonyl (C=O) groups excluding carboxylic acids is 2. The minimum atomic E-state index is -0.271. The highest BCUT2D eigenvalue weighted by Crippen LogP contribution is 2.40. The van der Waals surface area contributed by atoms with Crippen LogP contribution in [0.1, 0.15) is 36.8 Å². The number of rotatable bonds is 7. The van der Waals surface area contributed by atoms with Gasteiger partial charge < -0.3 is 10.6 Å². The van der Waals surface area contributed by atoms with Crippen LogP contribution < -0.4 is 10.6 Å². The van der Waals surface area contributed by atoms with Crippen molar-refractivity contribution in [3.8, 4) is 0 Å². The fraction of sp³-hybridized carbons (Fsp3) is 0.304. The molecule has 3 rings (SSSR count). The van der Waals surface area contributed by atoms with Gasteiger partial charge in [0.15, 0.2) is 0 Å². The van der Waals surface area contributed by atoms with Crippen LogP contribution in [-0.2, 0) is 15.0 Å². The van der Waals surface area contributed by atoms with E-state index in [-0.39, 0.29) is 23.8 Å². The lowest BCUT2D eigenvalue weighted by Gasteiger charge is -2.30. The monoisotopic (exact) mass is 362 g/mol. The highest BCUT2D eigenvalue weighted by atomic mass is 16.2. The average molecular weight is 362 g/mol. The van der Waals surface area contributed by atoms with Crippen LogP contribution in [-0.4, -0.2) is 24.9 Å². The van der Waals surface area contributed by atoms with Gasteiger partial charge in [-0.25, -0.2) is 0 Å². The first-order chi connectivity index (χ1) is 13.2. The zero-order valence-electron chi connectivity index (χ0n) is 15.5. The number of carbonyl (C=O) groups is 2. The van der Waals surface area contributed by atoms with Crippen LogP contribution in [0.5, 0.6) is 0 Å². The van der Waals surface area contributed by atoms with E-state index in [1.165, 1.54) is 24.5 Å². The van der Waals surface area contributed by atoms with Crippen LogP contribution in [0, 0.1) is 0 Å². The van der Waals surface area contributed by atoms with Gasteiger partial charge >= 0.3 is 0 Å². The molecule has 0 bridgehead atoms. The maximum atomic E-state index is 12.2. The summed E-state index contributed by atoms with van der Waals surface area (Å²) in [6, 6.07) is 20.0. The second kappa shape index (κ2) is 9.17. The van der Waals surface area contributed by atoms with Crippen LogP contribution in [0.2, 0.25) is 0 Å². The first-order valence-corrected chi connectivity index (χ1v) is 9.51. The minimum Gasteiger partial charge on any atom is -0.354 e. The van der Waals surface area contributed by atoms with E-state index < -0.39 is 0 Å². The first kappa shape index (κ1) is 18.9. The van der Waals surface area contributed by atoms with Gasteiger partial charge in [0.25, 0.3) is 0 Å². The summed E-state index contributed by atoms with van der Waals surface area (Å²) in [5, 5.41) is 5.66. The molecule has 0 radical (unpaired) electrons. The van der Waals surface area contributed by atoms with Crippen molar-refractivity contribution in [2.75, 3.05) is 13.1 Å². The van der Waals surface area contributed by atoms with Gasteiger partial charge in [-0.1, -0.05) is 73.5 Å². The van der Waals surface area contributed by atoms with E-state index in [9.17, 15) is 9.59 Å². The molecule has 0 spiro atoms. The highest BCUT2D eigenvalue weighted by molar-refractivity contribution is 5.94. The number of benzene rings is 2. The quantitative estimate of drug-likeness (QED) is 0.741. The van der Waals surface area contributed by atoms with Gasteiger partial charge in [0, 0.05) is 18.0 Å². The Balaban J connectivity index is 1.47. The van der Waals surface area contributed by atoms with E-state index in [0.717, 1.165) is 18.4 Å². The summed E-state index contributed by atoms with van der Waals surface area (Å²) >= 11 is 0. The maximum absolute atomic E-state index is 12.2. The van der Waals surface area contributed by atoms with E-state index in [2.05, 4.69) is 34.9 Å². The lowest BCUT2D eigenvalue weighted by atomic mass is 9.79. The number of hydrogen-bond donors (Lipinski definition) is 2.